The number of pyridine rings is 2. The van der Waals surface area contributed by atoms with Crippen molar-refractivity contribution in [1.82, 2.24) is 29.9 Å². The van der Waals surface area contributed by atoms with Crippen LogP contribution >= 0.6 is 0 Å². The third kappa shape index (κ3) is 4.73. The monoisotopic (exact) mass is 342 g/mol. The minimum absolute atomic E-state index is 0.554. The number of hydrogen-bond donors (Lipinski definition) is 0. The molecule has 4 aromatic heterocycles. The van der Waals surface area contributed by atoms with Crippen molar-refractivity contribution in [3.05, 3.63) is 84.7 Å². The van der Waals surface area contributed by atoms with E-state index in [2.05, 4.69) is 43.8 Å². The molecule has 0 spiro atoms. The minimum atomic E-state index is 0.554. The molecule has 4 heterocycles. The largest absolute Gasteiger partial charge is 0.255 e. The SMILES string of the molecule is Cc1ccnc(-c2cc(C)ccn2)c1.c1cnc(-c2ncccn2)nc1. The molecule has 0 aromatic carbocycles. The van der Waals surface area contributed by atoms with Gasteiger partial charge in [0.2, 0.25) is 0 Å². The first-order valence-corrected chi connectivity index (χ1v) is 8.12. The van der Waals surface area contributed by atoms with E-state index in [0.717, 1.165) is 11.4 Å². The summed E-state index contributed by atoms with van der Waals surface area (Å²) in [5.74, 6) is 1.11. The fourth-order valence-electron chi connectivity index (χ4n) is 2.18. The molecule has 6 nitrogen and oxygen atoms in total. The first-order chi connectivity index (χ1) is 12.7. The van der Waals surface area contributed by atoms with Crippen LogP contribution < -0.4 is 0 Å². The summed E-state index contributed by atoms with van der Waals surface area (Å²) in [6.07, 6.45) is 10.3. The van der Waals surface area contributed by atoms with Crippen LogP contribution in [0.25, 0.3) is 23.0 Å². The Labute approximate surface area is 152 Å². The van der Waals surface area contributed by atoms with Crippen molar-refractivity contribution in [3.63, 3.8) is 0 Å². The van der Waals surface area contributed by atoms with Gasteiger partial charge in [0.1, 0.15) is 0 Å². The Kier molecular flexibility index (Phi) is 5.67. The fraction of sp³-hybridized carbons (Fsp3) is 0.100. The van der Waals surface area contributed by atoms with Crippen LogP contribution in [0.3, 0.4) is 0 Å². The van der Waals surface area contributed by atoms with Gasteiger partial charge in [0.15, 0.2) is 11.6 Å². The highest BCUT2D eigenvalue weighted by Gasteiger charge is 2.00. The summed E-state index contributed by atoms with van der Waals surface area (Å²) >= 11 is 0. The molecule has 0 saturated carbocycles. The second kappa shape index (κ2) is 8.53. The predicted octanol–water partition coefficient (Wildman–Crippen LogP) is 3.69. The number of nitrogens with zero attached hydrogens (tertiary/aromatic N) is 6. The molecule has 0 fully saturated rings. The quantitative estimate of drug-likeness (QED) is 0.553. The van der Waals surface area contributed by atoms with Gasteiger partial charge in [-0.3, -0.25) is 9.97 Å². The molecule has 0 aliphatic heterocycles. The molecule has 0 radical (unpaired) electrons. The Morgan fingerprint density at radius 1 is 0.500 bits per heavy atom. The van der Waals surface area contributed by atoms with Crippen LogP contribution in [-0.4, -0.2) is 29.9 Å². The standard InChI is InChI=1S/C12H12N2.C8H6N4/c1-9-3-5-13-11(7-9)12-8-10(2)4-6-14-12;1-3-9-7(10-4-1)8-11-5-2-6-12-8/h3-8H,1-2H3;1-6H. The smallest absolute Gasteiger partial charge is 0.197 e. The van der Waals surface area contributed by atoms with Crippen LogP contribution in [0, 0.1) is 13.8 Å². The highest BCUT2D eigenvalue weighted by molar-refractivity contribution is 5.55. The Hall–Kier alpha value is -3.54. The molecule has 0 unspecified atom stereocenters. The maximum atomic E-state index is 4.29. The summed E-state index contributed by atoms with van der Waals surface area (Å²) < 4.78 is 0. The predicted molar refractivity (Wildman–Crippen MR) is 100 cm³/mol. The molecule has 0 saturated heterocycles. The molecule has 4 rings (SSSR count). The summed E-state index contributed by atoms with van der Waals surface area (Å²) in [6, 6.07) is 11.6. The van der Waals surface area contributed by atoms with Crippen molar-refractivity contribution >= 4 is 0 Å². The van der Waals surface area contributed by atoms with E-state index in [1.807, 2.05) is 36.7 Å². The lowest BCUT2D eigenvalue weighted by Gasteiger charge is -2.01. The third-order valence-corrected chi connectivity index (χ3v) is 3.42. The number of aromatic nitrogens is 6. The molecule has 0 bridgehead atoms. The van der Waals surface area contributed by atoms with Gasteiger partial charge >= 0.3 is 0 Å². The van der Waals surface area contributed by atoms with E-state index < -0.39 is 0 Å². The van der Waals surface area contributed by atoms with E-state index in [9.17, 15) is 0 Å². The number of hydrogen-bond acceptors (Lipinski definition) is 6. The van der Waals surface area contributed by atoms with Crippen LogP contribution in [0.1, 0.15) is 11.1 Å². The number of rotatable bonds is 2. The van der Waals surface area contributed by atoms with Crippen LogP contribution in [0.4, 0.5) is 0 Å². The van der Waals surface area contributed by atoms with Crippen molar-refractivity contribution < 1.29 is 0 Å². The van der Waals surface area contributed by atoms with Gasteiger partial charge < -0.3 is 0 Å². The molecular weight excluding hydrogens is 324 g/mol. The lowest BCUT2D eigenvalue weighted by molar-refractivity contribution is 1.08. The molecular formula is C20H18N6. The Bertz CT molecular complexity index is 877. The Morgan fingerprint density at radius 3 is 1.23 bits per heavy atom. The van der Waals surface area contributed by atoms with Crippen LogP contribution in [-0.2, 0) is 0 Å². The summed E-state index contributed by atoms with van der Waals surface area (Å²) in [6.45, 7) is 4.11. The normalized spacial score (nSPS) is 9.92. The van der Waals surface area contributed by atoms with Crippen molar-refractivity contribution in [3.8, 4) is 23.0 Å². The third-order valence-electron chi connectivity index (χ3n) is 3.42. The van der Waals surface area contributed by atoms with Crippen LogP contribution in [0.5, 0.6) is 0 Å². The lowest BCUT2D eigenvalue weighted by atomic mass is 10.1. The van der Waals surface area contributed by atoms with E-state index in [1.54, 1.807) is 36.9 Å². The van der Waals surface area contributed by atoms with E-state index in [0.29, 0.717) is 11.6 Å². The zero-order valence-electron chi connectivity index (χ0n) is 14.6. The van der Waals surface area contributed by atoms with Crippen molar-refractivity contribution in [2.75, 3.05) is 0 Å². The summed E-state index contributed by atoms with van der Waals surface area (Å²) in [7, 11) is 0. The van der Waals surface area contributed by atoms with Crippen molar-refractivity contribution in [2.45, 2.75) is 13.8 Å². The maximum absolute atomic E-state index is 4.29. The molecule has 128 valence electrons. The van der Waals surface area contributed by atoms with Gasteiger partial charge in [-0.2, -0.15) is 0 Å². The van der Waals surface area contributed by atoms with E-state index in [1.165, 1.54) is 11.1 Å². The van der Waals surface area contributed by atoms with Gasteiger partial charge in [-0.25, -0.2) is 19.9 Å². The second-order valence-electron chi connectivity index (χ2n) is 5.58. The van der Waals surface area contributed by atoms with Crippen LogP contribution in [0.15, 0.2) is 73.6 Å². The van der Waals surface area contributed by atoms with E-state index >= 15 is 0 Å². The average Bonchev–Trinajstić information content (AvgIpc) is 2.70. The molecule has 0 aliphatic rings. The van der Waals surface area contributed by atoms with Gasteiger partial charge in [0.05, 0.1) is 11.4 Å². The Morgan fingerprint density at radius 2 is 0.885 bits per heavy atom. The number of aryl methyl sites for hydroxylation is 2. The molecule has 26 heavy (non-hydrogen) atoms. The van der Waals surface area contributed by atoms with Gasteiger partial charge in [0, 0.05) is 37.2 Å². The maximum Gasteiger partial charge on any atom is 0.197 e. The van der Waals surface area contributed by atoms with Gasteiger partial charge in [-0.15, -0.1) is 0 Å². The second-order valence-corrected chi connectivity index (χ2v) is 5.58. The van der Waals surface area contributed by atoms with E-state index in [4.69, 9.17) is 0 Å². The van der Waals surface area contributed by atoms with Crippen LogP contribution in [0.2, 0.25) is 0 Å². The highest BCUT2D eigenvalue weighted by Crippen LogP contribution is 2.15. The molecule has 0 N–H and O–H groups in total. The van der Waals surface area contributed by atoms with E-state index in [-0.39, 0.29) is 0 Å². The first kappa shape index (κ1) is 17.3. The molecule has 0 atom stereocenters. The average molecular weight is 342 g/mol. The van der Waals surface area contributed by atoms with Crippen molar-refractivity contribution in [2.24, 2.45) is 0 Å². The fourth-order valence-corrected chi connectivity index (χ4v) is 2.18. The topological polar surface area (TPSA) is 77.3 Å². The van der Waals surface area contributed by atoms with Gasteiger partial charge in [-0.05, 0) is 61.4 Å². The molecule has 0 aliphatic carbocycles. The zero-order valence-corrected chi connectivity index (χ0v) is 14.6. The van der Waals surface area contributed by atoms with Gasteiger partial charge in [-0.1, -0.05) is 0 Å². The van der Waals surface area contributed by atoms with Gasteiger partial charge in [0.25, 0.3) is 0 Å². The summed E-state index contributed by atoms with van der Waals surface area (Å²) in [5, 5.41) is 0. The zero-order chi connectivity index (χ0) is 18.2. The Balaban J connectivity index is 0.000000152. The highest BCUT2D eigenvalue weighted by atomic mass is 15.0. The molecule has 0 amide bonds. The molecule has 6 heteroatoms. The molecule has 4 aromatic rings. The van der Waals surface area contributed by atoms with Crippen molar-refractivity contribution in [1.29, 1.82) is 0 Å². The summed E-state index contributed by atoms with van der Waals surface area (Å²) in [4.78, 5) is 24.6. The summed E-state index contributed by atoms with van der Waals surface area (Å²) in [5.41, 5.74) is 4.29. The first-order valence-electron chi connectivity index (χ1n) is 8.12. The minimum Gasteiger partial charge on any atom is -0.255 e. The lowest BCUT2D eigenvalue weighted by Crippen LogP contribution is -1.91.